The zero-order valence-electron chi connectivity index (χ0n) is 49.1. The van der Waals surface area contributed by atoms with Crippen LogP contribution in [0, 0.1) is 42.2 Å². The van der Waals surface area contributed by atoms with Gasteiger partial charge < -0.3 is 65.7 Å². The molecule has 22 heteroatoms. The number of carbonyl (C=O) groups is 5. The molecule has 86 heavy (non-hydrogen) atoms. The molecule has 456 valence electrons. The highest BCUT2D eigenvalue weighted by Gasteiger charge is 2.50. The van der Waals surface area contributed by atoms with Gasteiger partial charge in [0.25, 0.3) is 23.5 Å². The number of nitrogens with one attached hydrogen (secondary N) is 3. The van der Waals surface area contributed by atoms with Gasteiger partial charge in [0.05, 0.1) is 45.6 Å². The number of Topliss-reactive ketones (excluding diaryl/α,β-unsaturated/α-hetero) is 1. The van der Waals surface area contributed by atoms with Crippen molar-refractivity contribution < 1.29 is 77.6 Å². The fourth-order valence-electron chi connectivity index (χ4n) is 11.6. The van der Waals surface area contributed by atoms with Gasteiger partial charge in [0.15, 0.2) is 17.5 Å². The number of halogens is 2. The van der Waals surface area contributed by atoms with Gasteiger partial charge in [-0.15, -0.1) is 0 Å². The van der Waals surface area contributed by atoms with Crippen molar-refractivity contribution in [3.63, 3.8) is 0 Å². The number of phenols is 2. The highest BCUT2D eigenvalue weighted by atomic mass is 19.1. The second-order valence-electron chi connectivity index (χ2n) is 22.6. The summed E-state index contributed by atoms with van der Waals surface area (Å²) in [5, 5.41) is 73.6. The maximum atomic E-state index is 15.3. The third kappa shape index (κ3) is 12.6. The first kappa shape index (κ1) is 63.5. The van der Waals surface area contributed by atoms with E-state index in [4.69, 9.17) is 29.3 Å². The van der Waals surface area contributed by atoms with Crippen LogP contribution >= 0.6 is 0 Å². The number of nitrogens with zero attached hydrogens (tertiary/aromatic N) is 3. The van der Waals surface area contributed by atoms with Crippen molar-refractivity contribution in [1.29, 1.82) is 0 Å². The van der Waals surface area contributed by atoms with Crippen LogP contribution in [0.4, 0.5) is 25.8 Å². The van der Waals surface area contributed by atoms with Crippen LogP contribution in [0.3, 0.4) is 0 Å². The van der Waals surface area contributed by atoms with E-state index in [-0.39, 0.29) is 110 Å². The average molecular weight is 1190 g/mol. The molecule has 0 radical (unpaired) electrons. The molecule has 5 aliphatic heterocycles. The maximum absolute atomic E-state index is 15.3. The van der Waals surface area contributed by atoms with Crippen LogP contribution in [0.2, 0.25) is 0 Å². The van der Waals surface area contributed by atoms with Gasteiger partial charge in [-0.3, -0.25) is 34.0 Å². The first-order valence-corrected chi connectivity index (χ1v) is 28.2. The van der Waals surface area contributed by atoms with Gasteiger partial charge in [0.2, 0.25) is 5.79 Å². The van der Waals surface area contributed by atoms with Crippen LogP contribution in [-0.4, -0.2) is 110 Å². The Hall–Kier alpha value is -8.57. The average Bonchev–Trinajstić information content (AvgIpc) is 1.51. The number of hydrogen-bond acceptors (Lipinski definition) is 17. The molecule has 5 aliphatic rings. The Kier molecular flexibility index (Phi) is 18.9. The molecule has 1 spiro atoms. The van der Waals surface area contributed by atoms with Crippen molar-refractivity contribution in [3.05, 3.63) is 154 Å². The Balaban J connectivity index is 0.00000475. The first-order valence-electron chi connectivity index (χ1n) is 28.2. The minimum Gasteiger partial charge on any atom is -0.507 e. The lowest BCUT2D eigenvalue weighted by atomic mass is 9.80. The van der Waals surface area contributed by atoms with E-state index in [0.29, 0.717) is 12.8 Å². The Morgan fingerprint density at radius 3 is 2.23 bits per heavy atom. The molecule has 20 nitrogen and oxygen atoms in total. The van der Waals surface area contributed by atoms with E-state index in [9.17, 15) is 53.9 Å². The maximum Gasteiger partial charge on any atom is 0.312 e. The van der Waals surface area contributed by atoms with Crippen molar-refractivity contribution in [2.45, 2.75) is 117 Å². The monoisotopic (exact) mass is 1190 g/mol. The summed E-state index contributed by atoms with van der Waals surface area (Å²) in [6.45, 7) is 13.6. The number of aliphatic hydroxyl groups is 4. The minimum atomic E-state index is -3.08. The molecule has 1 saturated heterocycles. The van der Waals surface area contributed by atoms with Crippen LogP contribution in [0.25, 0.3) is 10.8 Å². The summed E-state index contributed by atoms with van der Waals surface area (Å²) >= 11 is 0. The zero-order chi connectivity index (χ0) is 62.7. The number of fused-ring (bicyclic) bond motifs is 13. The zero-order valence-corrected chi connectivity index (χ0v) is 49.1. The molecule has 3 amide bonds. The van der Waals surface area contributed by atoms with E-state index >= 15 is 4.39 Å². The molecule has 5 aromatic rings. The Morgan fingerprint density at radius 2 is 1.56 bits per heavy atom. The number of hydrogen-bond donors (Lipinski definition) is 9. The van der Waals surface area contributed by atoms with E-state index in [1.165, 1.54) is 69.5 Å². The van der Waals surface area contributed by atoms with E-state index in [2.05, 4.69) is 16.0 Å². The number of ether oxygens (including phenoxy) is 3. The summed E-state index contributed by atoms with van der Waals surface area (Å²) < 4.78 is 48.3. The Morgan fingerprint density at radius 1 is 0.895 bits per heavy atom. The largest absolute Gasteiger partial charge is 0.507 e. The SMILES string of the molecule is CC(=O)OC1C(C)C(O)[C@H](C)CC(C)/C=C/C=C(/C)C(=O)Nc2c(O)c3c(O)c(C)c4c(c3c3c2=NC2(CCN(c5ccc(F)cc5NC(=O)C(NC(=O)c5ccccc5F)C(O)(O)c5ccccc5)CC2)N=3)C(=O)[C@](C)(O/C=C/C[C@H]1C)O4.CO. The fraction of sp³-hybridized carbons (Fsp3) is 0.391. The number of rotatable bonds is 8. The van der Waals surface area contributed by atoms with Crippen molar-refractivity contribution in [1.82, 2.24) is 5.32 Å². The van der Waals surface area contributed by atoms with Crippen LogP contribution in [-0.2, 0) is 29.6 Å². The number of amides is 3. The summed E-state index contributed by atoms with van der Waals surface area (Å²) in [5.74, 6) is -13.3. The third-order valence-corrected chi connectivity index (χ3v) is 16.3. The summed E-state index contributed by atoms with van der Waals surface area (Å²) in [5.41, 5.74) is -1.93. The topological polar surface area (TPSA) is 298 Å². The quantitative estimate of drug-likeness (QED) is 0.0423. The normalized spacial score (nSPS) is 24.7. The molecule has 5 bridgehead atoms. The van der Waals surface area contributed by atoms with Crippen LogP contribution in [0.1, 0.15) is 106 Å². The van der Waals surface area contributed by atoms with Gasteiger partial charge in [-0.2, -0.15) is 0 Å². The van der Waals surface area contributed by atoms with Gasteiger partial charge in [-0.05, 0) is 80.9 Å². The predicted octanol–water partition coefficient (Wildman–Crippen LogP) is 7.16. The van der Waals surface area contributed by atoms with Crippen LogP contribution in [0.15, 0.2) is 119 Å². The van der Waals surface area contributed by atoms with Crippen molar-refractivity contribution >= 4 is 57.3 Å². The molecular weight excluding hydrogens is 1110 g/mol. The minimum absolute atomic E-state index is 0.00731. The van der Waals surface area contributed by atoms with Crippen molar-refractivity contribution in [2.75, 3.05) is 35.7 Å². The number of anilines is 3. The third-order valence-electron chi connectivity index (χ3n) is 16.3. The van der Waals surface area contributed by atoms with Gasteiger partial charge in [0.1, 0.15) is 40.3 Å². The van der Waals surface area contributed by atoms with E-state index in [1.807, 2.05) is 33.8 Å². The number of esters is 1. The Bertz CT molecular complexity index is 3700. The second kappa shape index (κ2) is 25.6. The number of benzene rings is 5. The number of aliphatic hydroxyl groups excluding tert-OH is 2. The van der Waals surface area contributed by atoms with Gasteiger partial charge in [-0.25, -0.2) is 8.78 Å². The Labute approximate surface area is 495 Å². The molecule has 0 saturated carbocycles. The molecule has 10 rings (SSSR count). The highest BCUT2D eigenvalue weighted by Crippen LogP contribution is 2.50. The van der Waals surface area contributed by atoms with Gasteiger partial charge in [0, 0.05) is 74.9 Å². The summed E-state index contributed by atoms with van der Waals surface area (Å²) in [4.78, 5) is 81.5. The van der Waals surface area contributed by atoms with Crippen molar-refractivity contribution in [3.8, 4) is 17.2 Å². The molecule has 0 aromatic heterocycles. The summed E-state index contributed by atoms with van der Waals surface area (Å²) in [7, 11) is 1.00. The van der Waals surface area contributed by atoms with E-state index in [0.717, 1.165) is 31.4 Å². The van der Waals surface area contributed by atoms with E-state index in [1.54, 1.807) is 36.1 Å². The van der Waals surface area contributed by atoms with Crippen molar-refractivity contribution in [2.24, 2.45) is 33.7 Å². The number of aromatic hydroxyl groups is 2. The van der Waals surface area contributed by atoms with Gasteiger partial charge in [-0.1, -0.05) is 88.4 Å². The number of phenolic OH excluding ortho intramolecular Hbond substituents is 2. The van der Waals surface area contributed by atoms with Crippen LogP contribution in [0.5, 0.6) is 17.2 Å². The predicted molar refractivity (Wildman–Crippen MR) is 314 cm³/mol. The molecule has 1 fully saturated rings. The standard InChI is InChI=1S/C63H68F2N6O13.CH4O/c1-32-16-14-17-34(3)58(77)67-50-49-48(45-46(53(50)75)52(74)37(6)55-47(45)57(76)61(8,84-55)82-29-15-18-33(2)54(83-38(7)72)36(5)51(73)35(4)30-32)69-62(70-49)25-27-71(28-26-62)44-24-23-40(64)31-43(44)66-60(79)56(63(80,81)39-19-10-9-11-20-39)68-59(78)41-21-12-13-22-42(41)65;1-2/h9-17,19-24,29,31-33,35-36,51,54,56,73-75,80-81H,18,25-28,30H2,1-8H3,(H,66,79)(H,67,77)(H,68,78);2H,1H3/b16-14+,29-15+,34-17-;/t32?,33-,35-,36?,51?,54?,56?,61-;/m1./s1. The van der Waals surface area contributed by atoms with Gasteiger partial charge >= 0.3 is 11.8 Å². The van der Waals surface area contributed by atoms with E-state index < -0.39 is 99.6 Å². The lowest BCUT2D eigenvalue weighted by molar-refractivity contribution is -0.191. The lowest BCUT2D eigenvalue weighted by Gasteiger charge is -2.38. The molecule has 5 aromatic carbocycles. The molecule has 8 atom stereocenters. The molecule has 5 heterocycles. The molecule has 5 unspecified atom stereocenters. The highest BCUT2D eigenvalue weighted by molar-refractivity contribution is 6.19. The summed E-state index contributed by atoms with van der Waals surface area (Å²) in [6.07, 6.45) is 7.61. The lowest BCUT2D eigenvalue weighted by Crippen LogP contribution is -2.57. The summed E-state index contributed by atoms with van der Waals surface area (Å²) in [6, 6.07) is 13.4. The fourth-order valence-corrected chi connectivity index (χ4v) is 11.6. The smallest absolute Gasteiger partial charge is 0.312 e. The number of allylic oxidation sites excluding steroid dienone is 4. The number of piperidine rings is 1. The molecule has 0 aliphatic carbocycles. The number of ketones is 1. The van der Waals surface area contributed by atoms with Crippen LogP contribution < -0.4 is 36.3 Å². The number of carbonyl (C=O) groups excluding carboxylic acids is 5. The molecule has 9 N–H and O–H groups in total. The first-order chi connectivity index (χ1) is 40.8. The molecular formula is C64H72F2N6O14. The second-order valence-corrected chi connectivity index (χ2v) is 22.6.